The van der Waals surface area contributed by atoms with Crippen LogP contribution in [0.1, 0.15) is 58.9 Å². The monoisotopic (exact) mass is 421 g/mol. The van der Waals surface area contributed by atoms with Crippen LogP contribution in [0.15, 0.2) is 53.5 Å². The number of likely N-dealkylation sites (tertiary alicyclic amines) is 1. The fraction of sp³-hybridized carbons (Fsp3) is 0.480. The van der Waals surface area contributed by atoms with Crippen molar-refractivity contribution in [2.75, 3.05) is 13.1 Å². The molecule has 6 heteroatoms. The summed E-state index contributed by atoms with van der Waals surface area (Å²) in [6, 6.07) is 5.64. The maximum atomic E-state index is 10.5. The SMILES string of the molecule is C=CC.CC/C(=N\N=C(/C)N1C[C@@H]2CCCC2(C)C1)c1ccc(-c2cn[nH]c2)cc1O. The van der Waals surface area contributed by atoms with E-state index in [0.717, 1.165) is 47.2 Å². The smallest absolute Gasteiger partial charge is 0.125 e. The summed E-state index contributed by atoms with van der Waals surface area (Å²) in [4.78, 5) is 2.38. The molecule has 2 atom stereocenters. The van der Waals surface area contributed by atoms with Crippen molar-refractivity contribution in [2.45, 2.75) is 53.4 Å². The highest BCUT2D eigenvalue weighted by atomic mass is 16.3. The van der Waals surface area contributed by atoms with Gasteiger partial charge in [0.2, 0.25) is 0 Å². The van der Waals surface area contributed by atoms with Crippen molar-refractivity contribution in [2.24, 2.45) is 21.5 Å². The number of phenolic OH excluding ortho intramolecular Hbond substituents is 1. The van der Waals surface area contributed by atoms with E-state index in [1.54, 1.807) is 18.3 Å². The number of H-pyrrole nitrogens is 1. The third kappa shape index (κ3) is 5.06. The van der Waals surface area contributed by atoms with Crippen LogP contribution in [0.3, 0.4) is 0 Å². The van der Waals surface area contributed by atoms with Gasteiger partial charge in [-0.25, -0.2) is 0 Å². The van der Waals surface area contributed by atoms with Crippen molar-refractivity contribution in [1.29, 1.82) is 0 Å². The number of amidine groups is 1. The summed E-state index contributed by atoms with van der Waals surface area (Å²) in [5.74, 6) is 1.97. The van der Waals surface area contributed by atoms with Gasteiger partial charge in [0.1, 0.15) is 11.6 Å². The number of nitrogens with zero attached hydrogens (tertiary/aromatic N) is 4. The number of benzene rings is 1. The molecule has 2 heterocycles. The molecule has 1 aromatic carbocycles. The molecule has 1 saturated heterocycles. The molecule has 2 aliphatic rings. The van der Waals surface area contributed by atoms with Crippen LogP contribution in [-0.4, -0.2) is 44.8 Å². The number of fused-ring (bicyclic) bond motifs is 1. The number of rotatable bonds is 4. The molecule has 4 rings (SSSR count). The largest absolute Gasteiger partial charge is 0.507 e. The summed E-state index contributed by atoms with van der Waals surface area (Å²) in [5, 5.41) is 26.3. The highest BCUT2D eigenvalue weighted by molar-refractivity contribution is 6.03. The topological polar surface area (TPSA) is 76.9 Å². The van der Waals surface area contributed by atoms with Gasteiger partial charge in [-0.05, 0) is 62.1 Å². The summed E-state index contributed by atoms with van der Waals surface area (Å²) < 4.78 is 0. The first kappa shape index (κ1) is 22.8. The van der Waals surface area contributed by atoms with E-state index in [-0.39, 0.29) is 5.75 Å². The van der Waals surface area contributed by atoms with E-state index >= 15 is 0 Å². The van der Waals surface area contributed by atoms with Crippen LogP contribution in [0.2, 0.25) is 0 Å². The van der Waals surface area contributed by atoms with Crippen LogP contribution >= 0.6 is 0 Å². The van der Waals surface area contributed by atoms with E-state index in [2.05, 4.69) is 38.8 Å². The van der Waals surface area contributed by atoms with Crippen LogP contribution in [-0.2, 0) is 0 Å². The van der Waals surface area contributed by atoms with Crippen molar-refractivity contribution in [3.05, 3.63) is 48.8 Å². The van der Waals surface area contributed by atoms with E-state index in [1.165, 1.54) is 19.3 Å². The number of nitrogens with one attached hydrogen (secondary N) is 1. The van der Waals surface area contributed by atoms with Crippen LogP contribution in [0.5, 0.6) is 5.75 Å². The van der Waals surface area contributed by atoms with Gasteiger partial charge in [-0.1, -0.05) is 32.4 Å². The normalized spacial score (nSPS) is 23.4. The number of aromatic amines is 1. The highest BCUT2D eigenvalue weighted by Crippen LogP contribution is 2.48. The number of aromatic nitrogens is 2. The van der Waals surface area contributed by atoms with Gasteiger partial charge in [0, 0.05) is 30.4 Å². The Labute approximate surface area is 185 Å². The lowest BCUT2D eigenvalue weighted by Crippen LogP contribution is -2.29. The minimum Gasteiger partial charge on any atom is -0.507 e. The van der Waals surface area contributed by atoms with E-state index in [9.17, 15) is 5.11 Å². The van der Waals surface area contributed by atoms with Crippen molar-refractivity contribution in [3.63, 3.8) is 0 Å². The van der Waals surface area contributed by atoms with Crippen LogP contribution in [0.25, 0.3) is 11.1 Å². The summed E-state index contributed by atoms with van der Waals surface area (Å²) in [6.07, 6.45) is 10.0. The van der Waals surface area contributed by atoms with Crippen molar-refractivity contribution in [3.8, 4) is 16.9 Å². The van der Waals surface area contributed by atoms with E-state index in [1.807, 2.05) is 39.1 Å². The Balaban J connectivity index is 0.000000858. The summed E-state index contributed by atoms with van der Waals surface area (Å²) >= 11 is 0. The molecule has 0 radical (unpaired) electrons. The molecule has 1 saturated carbocycles. The van der Waals surface area contributed by atoms with Gasteiger partial charge < -0.3 is 10.0 Å². The minimum absolute atomic E-state index is 0.218. The third-order valence-electron chi connectivity index (χ3n) is 6.53. The van der Waals surface area contributed by atoms with Gasteiger partial charge in [0.15, 0.2) is 0 Å². The van der Waals surface area contributed by atoms with E-state index in [4.69, 9.17) is 0 Å². The summed E-state index contributed by atoms with van der Waals surface area (Å²) in [7, 11) is 0. The molecular weight excluding hydrogens is 386 g/mol. The van der Waals surface area contributed by atoms with Gasteiger partial charge in [-0.2, -0.15) is 10.2 Å². The second kappa shape index (κ2) is 9.94. The Morgan fingerprint density at radius 1 is 1.39 bits per heavy atom. The van der Waals surface area contributed by atoms with Crippen LogP contribution in [0.4, 0.5) is 0 Å². The third-order valence-corrected chi connectivity index (χ3v) is 6.53. The number of hydrogen-bond donors (Lipinski definition) is 2. The molecule has 2 N–H and O–H groups in total. The van der Waals surface area contributed by atoms with Crippen LogP contribution < -0.4 is 0 Å². The molecule has 1 aromatic heterocycles. The van der Waals surface area contributed by atoms with Crippen molar-refractivity contribution < 1.29 is 5.11 Å². The number of aromatic hydroxyl groups is 1. The molecule has 6 nitrogen and oxygen atoms in total. The molecule has 166 valence electrons. The maximum absolute atomic E-state index is 10.5. The molecule has 1 aliphatic heterocycles. The first-order chi connectivity index (χ1) is 14.9. The number of allylic oxidation sites excluding steroid dienone is 1. The lowest BCUT2D eigenvalue weighted by atomic mass is 9.83. The predicted octanol–water partition coefficient (Wildman–Crippen LogP) is 5.63. The van der Waals surface area contributed by atoms with Crippen molar-refractivity contribution in [1.82, 2.24) is 15.1 Å². The fourth-order valence-electron chi connectivity index (χ4n) is 4.71. The zero-order valence-electron chi connectivity index (χ0n) is 19.2. The van der Waals surface area contributed by atoms with Gasteiger partial charge >= 0.3 is 0 Å². The van der Waals surface area contributed by atoms with Gasteiger partial charge in [-0.15, -0.1) is 11.7 Å². The van der Waals surface area contributed by atoms with E-state index < -0.39 is 0 Å². The molecule has 0 spiro atoms. The molecular formula is C25H35N5O. The Kier molecular flexibility index (Phi) is 7.31. The minimum atomic E-state index is 0.218. The number of hydrogen-bond acceptors (Lipinski definition) is 4. The van der Waals surface area contributed by atoms with Gasteiger partial charge in [-0.3, -0.25) is 5.10 Å². The second-order valence-electron chi connectivity index (χ2n) is 8.80. The highest BCUT2D eigenvalue weighted by Gasteiger charge is 2.46. The number of phenols is 1. The molecule has 1 aliphatic carbocycles. The average molecular weight is 422 g/mol. The zero-order valence-corrected chi connectivity index (χ0v) is 19.2. The molecule has 2 fully saturated rings. The van der Waals surface area contributed by atoms with E-state index in [0.29, 0.717) is 11.8 Å². The first-order valence-electron chi connectivity index (χ1n) is 11.2. The van der Waals surface area contributed by atoms with Crippen molar-refractivity contribution >= 4 is 11.5 Å². The lowest BCUT2D eigenvalue weighted by Gasteiger charge is -2.23. The lowest BCUT2D eigenvalue weighted by molar-refractivity contribution is 0.298. The molecule has 2 aromatic rings. The average Bonchev–Trinajstić information content (AvgIpc) is 3.45. The van der Waals surface area contributed by atoms with Crippen LogP contribution in [0, 0.1) is 11.3 Å². The fourth-order valence-corrected chi connectivity index (χ4v) is 4.71. The summed E-state index contributed by atoms with van der Waals surface area (Å²) in [5.41, 5.74) is 3.83. The predicted molar refractivity (Wildman–Crippen MR) is 129 cm³/mol. The molecule has 1 unspecified atom stereocenters. The quantitative estimate of drug-likeness (QED) is 0.291. The maximum Gasteiger partial charge on any atom is 0.125 e. The Hall–Kier alpha value is -2.89. The molecule has 31 heavy (non-hydrogen) atoms. The molecule has 0 bridgehead atoms. The Morgan fingerprint density at radius 3 is 2.77 bits per heavy atom. The summed E-state index contributed by atoms with van der Waals surface area (Å²) in [6.45, 7) is 13.9. The Morgan fingerprint density at radius 2 is 2.16 bits per heavy atom. The zero-order chi connectivity index (χ0) is 22.4. The second-order valence-corrected chi connectivity index (χ2v) is 8.80. The standard InChI is InChI=1S/C22H29N5O.C3H6/c1-4-20(19-8-7-16(10-21(19)28)17-11-23-24-12-17)26-25-15(2)27-13-18-6-5-9-22(18,3)14-27;1-3-2/h7-8,10-12,18,28H,4-6,9,13-14H2,1-3H3,(H,23,24);3H,1H2,2H3/b25-15+,26-20+;/t18-,22?;/m0./s1. The van der Waals surface area contributed by atoms with Gasteiger partial charge in [0.25, 0.3) is 0 Å². The molecule has 0 amide bonds. The Bertz CT molecular complexity index is 947. The van der Waals surface area contributed by atoms with Gasteiger partial charge in [0.05, 0.1) is 11.9 Å². The first-order valence-corrected chi connectivity index (χ1v) is 11.2.